The summed E-state index contributed by atoms with van der Waals surface area (Å²) in [6.45, 7) is 6.89. The summed E-state index contributed by atoms with van der Waals surface area (Å²) in [7, 11) is 1.61. The van der Waals surface area contributed by atoms with Crippen molar-refractivity contribution in [3.8, 4) is 0 Å². The number of methoxy groups -OCH3 is 1. The van der Waals surface area contributed by atoms with Crippen LogP contribution in [0.25, 0.3) is 0 Å². The molecule has 0 unspecified atom stereocenters. The number of nitrogens with one attached hydrogen (secondary N) is 2. The second kappa shape index (κ2) is 6.33. The summed E-state index contributed by atoms with van der Waals surface area (Å²) >= 11 is 0. The van der Waals surface area contributed by atoms with Crippen LogP contribution in [-0.2, 0) is 4.74 Å². The van der Waals surface area contributed by atoms with Gasteiger partial charge in [-0.05, 0) is 20.8 Å². The Balaban J connectivity index is 3.02. The summed E-state index contributed by atoms with van der Waals surface area (Å²) in [6, 6.07) is 2.83. The van der Waals surface area contributed by atoms with Crippen LogP contribution in [-0.4, -0.2) is 35.7 Å². The van der Waals surface area contributed by atoms with Gasteiger partial charge in [0.2, 0.25) is 0 Å². The van der Waals surface area contributed by atoms with Gasteiger partial charge in [0.15, 0.2) is 0 Å². The van der Waals surface area contributed by atoms with E-state index in [1.807, 2.05) is 20.8 Å². The molecular weight excluding hydrogens is 248 g/mol. The van der Waals surface area contributed by atoms with E-state index in [9.17, 15) is 10.1 Å². The molecular formula is C12H20N4O3. The van der Waals surface area contributed by atoms with E-state index in [1.165, 1.54) is 12.1 Å². The molecule has 0 bridgehead atoms. The second-order valence-electron chi connectivity index (χ2n) is 4.83. The van der Waals surface area contributed by atoms with Crippen molar-refractivity contribution in [3.05, 3.63) is 22.2 Å². The Bertz CT molecular complexity index is 449. The molecule has 1 aromatic rings. The molecule has 0 aliphatic carbocycles. The van der Waals surface area contributed by atoms with E-state index in [2.05, 4.69) is 15.6 Å². The van der Waals surface area contributed by atoms with E-state index in [0.717, 1.165) is 0 Å². The van der Waals surface area contributed by atoms with Crippen molar-refractivity contribution >= 4 is 17.3 Å². The number of ether oxygens (including phenoxy) is 1. The van der Waals surface area contributed by atoms with Crippen molar-refractivity contribution < 1.29 is 9.66 Å². The Morgan fingerprint density at radius 2 is 2.05 bits per heavy atom. The first-order valence-corrected chi connectivity index (χ1v) is 6.05. The van der Waals surface area contributed by atoms with Crippen molar-refractivity contribution in [1.29, 1.82) is 0 Å². The maximum absolute atomic E-state index is 10.9. The highest BCUT2D eigenvalue weighted by atomic mass is 16.6. The summed E-state index contributed by atoms with van der Waals surface area (Å²) in [5.74, 6) is 0.930. The van der Waals surface area contributed by atoms with E-state index in [-0.39, 0.29) is 11.2 Å². The minimum absolute atomic E-state index is 0.00154. The predicted octanol–water partition coefficient (Wildman–Crippen LogP) is 2.26. The average molecular weight is 268 g/mol. The number of pyridine rings is 1. The Labute approximate surface area is 112 Å². The lowest BCUT2D eigenvalue weighted by molar-refractivity contribution is -0.384. The van der Waals surface area contributed by atoms with E-state index >= 15 is 0 Å². The zero-order valence-corrected chi connectivity index (χ0v) is 11.7. The maximum atomic E-state index is 10.9. The molecule has 2 N–H and O–H groups in total. The van der Waals surface area contributed by atoms with Gasteiger partial charge < -0.3 is 15.4 Å². The quantitative estimate of drug-likeness (QED) is 0.582. The van der Waals surface area contributed by atoms with Gasteiger partial charge in [-0.15, -0.1) is 0 Å². The molecule has 0 radical (unpaired) electrons. The minimum Gasteiger partial charge on any atom is -0.382 e. The van der Waals surface area contributed by atoms with E-state index in [4.69, 9.17) is 4.74 Å². The topological polar surface area (TPSA) is 89.3 Å². The zero-order chi connectivity index (χ0) is 14.5. The molecule has 0 fully saturated rings. The first-order valence-electron chi connectivity index (χ1n) is 6.05. The van der Waals surface area contributed by atoms with Crippen LogP contribution in [0.1, 0.15) is 20.8 Å². The van der Waals surface area contributed by atoms with Crippen LogP contribution in [0.4, 0.5) is 17.3 Å². The van der Waals surface area contributed by atoms with Crippen molar-refractivity contribution in [2.45, 2.75) is 26.3 Å². The second-order valence-corrected chi connectivity index (χ2v) is 4.83. The highest BCUT2D eigenvalue weighted by Crippen LogP contribution is 2.23. The average Bonchev–Trinajstić information content (AvgIpc) is 2.27. The molecule has 0 aromatic carbocycles. The van der Waals surface area contributed by atoms with Crippen LogP contribution in [0.15, 0.2) is 12.1 Å². The van der Waals surface area contributed by atoms with Crippen molar-refractivity contribution in [2.75, 3.05) is 30.9 Å². The van der Waals surface area contributed by atoms with Crippen molar-refractivity contribution in [1.82, 2.24) is 4.98 Å². The summed E-state index contributed by atoms with van der Waals surface area (Å²) in [4.78, 5) is 14.8. The molecule has 0 saturated carbocycles. The third-order valence-corrected chi connectivity index (χ3v) is 2.35. The summed E-state index contributed by atoms with van der Waals surface area (Å²) < 4.78 is 5.09. The molecule has 0 saturated heterocycles. The summed E-state index contributed by atoms with van der Waals surface area (Å²) in [6.07, 6.45) is 0. The Hall–Kier alpha value is -1.89. The normalized spacial score (nSPS) is 11.2. The van der Waals surface area contributed by atoms with Gasteiger partial charge in [-0.3, -0.25) is 10.1 Å². The number of nitrogens with zero attached hydrogens (tertiary/aromatic N) is 2. The first kappa shape index (κ1) is 15.2. The lowest BCUT2D eigenvalue weighted by atomic mass is 10.1. The number of nitro groups is 1. The predicted molar refractivity (Wildman–Crippen MR) is 74.6 cm³/mol. The van der Waals surface area contributed by atoms with Crippen molar-refractivity contribution in [3.63, 3.8) is 0 Å². The molecule has 19 heavy (non-hydrogen) atoms. The summed E-state index contributed by atoms with van der Waals surface area (Å²) in [5.41, 5.74) is -0.359. The fourth-order valence-electron chi connectivity index (χ4n) is 1.70. The van der Waals surface area contributed by atoms with E-state index in [1.54, 1.807) is 7.11 Å². The largest absolute Gasteiger partial charge is 0.382 e. The van der Waals surface area contributed by atoms with Crippen LogP contribution in [0.3, 0.4) is 0 Å². The highest BCUT2D eigenvalue weighted by molar-refractivity contribution is 5.55. The molecule has 7 nitrogen and oxygen atoms in total. The molecule has 0 spiro atoms. The van der Waals surface area contributed by atoms with E-state index in [0.29, 0.717) is 24.8 Å². The Morgan fingerprint density at radius 1 is 1.42 bits per heavy atom. The van der Waals surface area contributed by atoms with Gasteiger partial charge in [0.25, 0.3) is 5.69 Å². The first-order chi connectivity index (χ1) is 8.88. The van der Waals surface area contributed by atoms with Gasteiger partial charge in [0.05, 0.1) is 29.2 Å². The van der Waals surface area contributed by atoms with Crippen molar-refractivity contribution in [2.24, 2.45) is 0 Å². The smallest absolute Gasteiger partial charge is 0.276 e. The fourth-order valence-corrected chi connectivity index (χ4v) is 1.70. The lowest BCUT2D eigenvalue weighted by Gasteiger charge is -2.26. The van der Waals surface area contributed by atoms with Crippen LogP contribution in [0.2, 0.25) is 0 Å². The van der Waals surface area contributed by atoms with Gasteiger partial charge in [0.1, 0.15) is 11.6 Å². The van der Waals surface area contributed by atoms with E-state index < -0.39 is 4.92 Å². The standard InChI is InChI=1S/C12H20N4O3/c1-5-13-10-6-9(16(17)18)7-11(14-10)15-12(2,3)8-19-4/h6-7H,5,8H2,1-4H3,(H2,13,14,15). The third kappa shape index (κ3) is 4.70. The SMILES string of the molecule is CCNc1cc([N+](=O)[O-])cc(NC(C)(C)COC)n1. The van der Waals surface area contributed by atoms with Gasteiger partial charge in [-0.1, -0.05) is 0 Å². The molecule has 1 rings (SSSR count). The highest BCUT2D eigenvalue weighted by Gasteiger charge is 2.20. The maximum Gasteiger partial charge on any atom is 0.276 e. The van der Waals surface area contributed by atoms with Crippen LogP contribution >= 0.6 is 0 Å². The molecule has 1 heterocycles. The minimum atomic E-state index is -0.434. The number of hydrogen-bond acceptors (Lipinski definition) is 6. The molecule has 106 valence electrons. The molecule has 0 amide bonds. The Kier molecular flexibility index (Phi) is 5.05. The molecule has 1 aromatic heterocycles. The number of rotatable bonds is 7. The zero-order valence-electron chi connectivity index (χ0n) is 11.7. The molecule has 0 aliphatic rings. The molecule has 7 heteroatoms. The number of anilines is 2. The van der Waals surface area contributed by atoms with Gasteiger partial charge in [-0.25, -0.2) is 4.98 Å². The van der Waals surface area contributed by atoms with Gasteiger partial charge >= 0.3 is 0 Å². The van der Waals surface area contributed by atoms with Crippen LogP contribution in [0, 0.1) is 10.1 Å². The van der Waals surface area contributed by atoms with Crippen LogP contribution in [0.5, 0.6) is 0 Å². The monoisotopic (exact) mass is 268 g/mol. The third-order valence-electron chi connectivity index (χ3n) is 2.35. The molecule has 0 atom stereocenters. The molecule has 0 aliphatic heterocycles. The number of aromatic nitrogens is 1. The lowest BCUT2D eigenvalue weighted by Crippen LogP contribution is -2.36. The Morgan fingerprint density at radius 3 is 2.58 bits per heavy atom. The van der Waals surface area contributed by atoms with Crippen LogP contribution < -0.4 is 10.6 Å². The van der Waals surface area contributed by atoms with Gasteiger partial charge in [-0.2, -0.15) is 0 Å². The number of hydrogen-bond donors (Lipinski definition) is 2. The summed E-state index contributed by atoms with van der Waals surface area (Å²) in [5, 5.41) is 17.0. The van der Waals surface area contributed by atoms with Gasteiger partial charge in [0, 0.05) is 13.7 Å². The fraction of sp³-hybridized carbons (Fsp3) is 0.583.